The molecule has 35 heavy (non-hydrogen) atoms. The summed E-state index contributed by atoms with van der Waals surface area (Å²) in [6, 6.07) is 5.45. The van der Waals surface area contributed by atoms with Gasteiger partial charge in [0.05, 0.1) is 29.1 Å². The highest BCUT2D eigenvalue weighted by molar-refractivity contribution is 8.18. The first-order valence-electron chi connectivity index (χ1n) is 10.9. The van der Waals surface area contributed by atoms with Crippen molar-refractivity contribution in [2.45, 2.75) is 19.8 Å². The summed E-state index contributed by atoms with van der Waals surface area (Å²) in [5.74, 6) is 0.524. The second-order valence-corrected chi connectivity index (χ2v) is 10.1. The zero-order chi connectivity index (χ0) is 24.9. The van der Waals surface area contributed by atoms with Crippen molar-refractivity contribution >= 4 is 63.1 Å². The molecule has 1 saturated heterocycles. The largest absolute Gasteiger partial charge is 0.492 e. The first kappa shape index (κ1) is 24.7. The zero-order valence-corrected chi connectivity index (χ0v) is 21.1. The smallest absolute Gasteiger partial charge is 0.409 e. The molecule has 0 bridgehead atoms. The predicted octanol–water partition coefficient (Wildman–Crippen LogP) is 3.77. The Morgan fingerprint density at radius 1 is 1.37 bits per heavy atom. The molecule has 1 saturated carbocycles. The molecule has 2 N–H and O–H groups in total. The Morgan fingerprint density at radius 3 is 2.89 bits per heavy atom. The molecule has 0 spiro atoms. The molecule has 1 aromatic carbocycles. The number of anilines is 1. The van der Waals surface area contributed by atoms with Crippen LogP contribution in [-0.2, 0) is 14.3 Å². The fourth-order valence-electron chi connectivity index (χ4n) is 3.07. The molecule has 12 heteroatoms. The van der Waals surface area contributed by atoms with E-state index in [1.54, 1.807) is 25.4 Å². The van der Waals surface area contributed by atoms with Crippen molar-refractivity contribution in [3.05, 3.63) is 39.7 Å². The molecule has 2 fully saturated rings. The molecule has 1 aromatic heterocycles. The van der Waals surface area contributed by atoms with Crippen LogP contribution < -0.4 is 15.4 Å². The van der Waals surface area contributed by atoms with Gasteiger partial charge >= 0.3 is 6.09 Å². The van der Waals surface area contributed by atoms with Crippen molar-refractivity contribution in [2.24, 2.45) is 10.9 Å². The second kappa shape index (κ2) is 10.9. The molecule has 184 valence electrons. The van der Waals surface area contributed by atoms with Crippen molar-refractivity contribution in [2.75, 3.05) is 32.6 Å². The minimum Gasteiger partial charge on any atom is -0.492 e. The van der Waals surface area contributed by atoms with Crippen molar-refractivity contribution in [3.63, 3.8) is 0 Å². The van der Waals surface area contributed by atoms with Gasteiger partial charge in [-0.05, 0) is 61.4 Å². The number of ether oxygens (including phenoxy) is 2. The average molecular weight is 516 g/mol. The molecule has 2 aromatic rings. The van der Waals surface area contributed by atoms with Crippen molar-refractivity contribution in [1.29, 1.82) is 0 Å². The number of carbonyl (C=O) groups excluding carboxylic acids is 3. The normalized spacial score (nSPS) is 17.4. The van der Waals surface area contributed by atoms with Gasteiger partial charge in [0.25, 0.3) is 5.91 Å². The molecule has 0 atom stereocenters. The highest BCUT2D eigenvalue weighted by Gasteiger charge is 2.30. The summed E-state index contributed by atoms with van der Waals surface area (Å²) < 4.78 is 10.4. The summed E-state index contributed by atoms with van der Waals surface area (Å²) in [6.07, 6.45) is 4.81. The number of thioether (sulfide) groups is 1. The number of rotatable bonds is 8. The molecule has 10 nitrogen and oxygen atoms in total. The van der Waals surface area contributed by atoms with Gasteiger partial charge in [-0.15, -0.1) is 0 Å². The highest BCUT2D eigenvalue weighted by Crippen LogP contribution is 2.33. The van der Waals surface area contributed by atoms with Crippen LogP contribution in [-0.4, -0.2) is 60.3 Å². The van der Waals surface area contributed by atoms with Crippen molar-refractivity contribution in [1.82, 2.24) is 15.2 Å². The lowest BCUT2D eigenvalue weighted by Crippen LogP contribution is -2.30. The average Bonchev–Trinajstić information content (AvgIpc) is 3.51. The molecule has 3 amide bonds. The number of aromatic nitrogens is 1. The van der Waals surface area contributed by atoms with Gasteiger partial charge < -0.3 is 25.0 Å². The third-order valence-corrected chi connectivity index (χ3v) is 6.97. The molecular formula is C23H25N5O5S2. The number of nitrogens with zero attached hydrogens (tertiary/aromatic N) is 3. The van der Waals surface area contributed by atoms with Gasteiger partial charge in [-0.3, -0.25) is 9.59 Å². The van der Waals surface area contributed by atoms with Gasteiger partial charge in [0, 0.05) is 19.2 Å². The number of benzene rings is 1. The number of aliphatic imine (C=N–C) groups is 1. The number of amides is 3. The van der Waals surface area contributed by atoms with E-state index in [9.17, 15) is 14.4 Å². The number of hydrogen-bond acceptors (Lipinski definition) is 9. The number of thiazole rings is 1. The summed E-state index contributed by atoms with van der Waals surface area (Å²) in [5.41, 5.74) is 1.58. The van der Waals surface area contributed by atoms with Gasteiger partial charge in [0.2, 0.25) is 5.91 Å². The predicted molar refractivity (Wildman–Crippen MR) is 136 cm³/mol. The lowest BCUT2D eigenvalue weighted by Gasteiger charge is -2.16. The van der Waals surface area contributed by atoms with E-state index >= 15 is 0 Å². The zero-order valence-electron chi connectivity index (χ0n) is 19.5. The fraction of sp³-hybridized carbons (Fsp3) is 0.348. The third kappa shape index (κ3) is 6.61. The highest BCUT2D eigenvalue weighted by atomic mass is 32.2. The molecule has 0 unspecified atom stereocenters. The topological polar surface area (TPSA) is 122 Å². The van der Waals surface area contributed by atoms with E-state index in [0.717, 1.165) is 23.3 Å². The van der Waals surface area contributed by atoms with E-state index in [1.165, 1.54) is 35.1 Å². The number of nitrogens with one attached hydrogen (secondary N) is 2. The van der Waals surface area contributed by atoms with Crippen LogP contribution in [0.5, 0.6) is 5.75 Å². The van der Waals surface area contributed by atoms with Crippen molar-refractivity contribution < 1.29 is 23.9 Å². The number of amidine groups is 1. The first-order valence-corrected chi connectivity index (χ1v) is 12.5. The van der Waals surface area contributed by atoms with Gasteiger partial charge in [0.1, 0.15) is 12.4 Å². The summed E-state index contributed by atoms with van der Waals surface area (Å²) >= 11 is 2.56. The van der Waals surface area contributed by atoms with Crippen LogP contribution in [0.1, 0.15) is 23.3 Å². The van der Waals surface area contributed by atoms with E-state index in [-0.39, 0.29) is 17.7 Å². The SMILES string of the molecule is COC(=O)N(C)CCOc1ccc(/N=C2/NC(=O)/C(=C/c3cnc(NC(=O)C4CC4)s3)S2)c(C)c1. The van der Waals surface area contributed by atoms with Crippen LogP contribution >= 0.6 is 23.1 Å². The van der Waals surface area contributed by atoms with Crippen molar-refractivity contribution in [3.8, 4) is 5.75 Å². The van der Waals surface area contributed by atoms with E-state index in [2.05, 4.69) is 25.3 Å². The Labute approximate surface area is 210 Å². The fourth-order valence-corrected chi connectivity index (χ4v) is 4.74. The van der Waals surface area contributed by atoms with Crippen LogP contribution in [0.15, 0.2) is 34.3 Å². The maximum absolute atomic E-state index is 12.4. The third-order valence-electron chi connectivity index (χ3n) is 5.20. The Kier molecular flexibility index (Phi) is 7.71. The molecular weight excluding hydrogens is 490 g/mol. The number of aryl methyl sites for hydroxylation is 1. The van der Waals surface area contributed by atoms with Crippen LogP contribution in [0.25, 0.3) is 6.08 Å². The Bertz CT molecular complexity index is 1200. The summed E-state index contributed by atoms with van der Waals surface area (Å²) in [5, 5.41) is 6.60. The lowest BCUT2D eigenvalue weighted by atomic mass is 10.2. The maximum Gasteiger partial charge on any atom is 0.409 e. The number of likely N-dealkylation sites (N-methyl/N-ethyl adjacent to an activating group) is 1. The minimum atomic E-state index is -0.420. The quantitative estimate of drug-likeness (QED) is 0.513. The maximum atomic E-state index is 12.4. The van der Waals surface area contributed by atoms with Gasteiger partial charge in [0.15, 0.2) is 10.3 Å². The number of carbonyl (C=O) groups is 3. The molecule has 4 rings (SSSR count). The Balaban J connectivity index is 1.35. The molecule has 1 aliphatic carbocycles. The van der Waals surface area contributed by atoms with Crippen LogP contribution in [0, 0.1) is 12.8 Å². The Morgan fingerprint density at radius 2 is 2.17 bits per heavy atom. The minimum absolute atomic E-state index is 0.00118. The van der Waals surface area contributed by atoms with Gasteiger partial charge in [-0.25, -0.2) is 14.8 Å². The van der Waals surface area contributed by atoms with Crippen LogP contribution in [0.3, 0.4) is 0 Å². The van der Waals surface area contributed by atoms with Crippen LogP contribution in [0.4, 0.5) is 15.6 Å². The molecule has 2 heterocycles. The van der Waals surface area contributed by atoms with Crippen LogP contribution in [0.2, 0.25) is 0 Å². The molecule has 0 radical (unpaired) electrons. The van der Waals surface area contributed by atoms with Gasteiger partial charge in [-0.1, -0.05) is 11.3 Å². The molecule has 1 aliphatic heterocycles. The van der Waals surface area contributed by atoms with E-state index in [4.69, 9.17) is 4.74 Å². The van der Waals surface area contributed by atoms with Gasteiger partial charge in [-0.2, -0.15) is 0 Å². The van der Waals surface area contributed by atoms with E-state index < -0.39 is 6.09 Å². The monoisotopic (exact) mass is 515 g/mol. The number of methoxy groups -OCH3 is 1. The standard InChI is InChI=1S/C23H25N5O5S2/c1-13-10-15(33-9-8-28(2)23(31)32-3)6-7-17(13)25-22-27-20(30)18(35-22)11-16-12-24-21(34-16)26-19(29)14-4-5-14/h6-7,10-12,14H,4-5,8-9H2,1-3H3,(H,24,26,29)(H,25,27,30)/b18-11-. The first-order chi connectivity index (χ1) is 16.8. The summed E-state index contributed by atoms with van der Waals surface area (Å²) in [7, 11) is 2.97. The lowest BCUT2D eigenvalue weighted by molar-refractivity contribution is -0.117. The van der Waals surface area contributed by atoms with E-state index in [0.29, 0.717) is 39.8 Å². The second-order valence-electron chi connectivity index (χ2n) is 8.00. The summed E-state index contributed by atoms with van der Waals surface area (Å²) in [4.78, 5) is 47.2. The summed E-state index contributed by atoms with van der Waals surface area (Å²) in [6.45, 7) is 2.62. The van der Waals surface area contributed by atoms with E-state index in [1.807, 2.05) is 19.1 Å². The Hall–Kier alpha value is -3.38. The number of hydrogen-bond donors (Lipinski definition) is 2. The molecule has 2 aliphatic rings.